The Balaban J connectivity index is 1.56. The number of likely N-dealkylation sites (tertiary alicyclic amines) is 1. The molecule has 4 rings (SSSR count). The van der Waals surface area contributed by atoms with Gasteiger partial charge in [0.1, 0.15) is 5.75 Å². The zero-order chi connectivity index (χ0) is 26.2. The summed E-state index contributed by atoms with van der Waals surface area (Å²) in [7, 11) is 3.70. The molecule has 3 aromatic rings. The van der Waals surface area contributed by atoms with E-state index in [-0.39, 0.29) is 12.6 Å². The van der Waals surface area contributed by atoms with Crippen molar-refractivity contribution in [2.24, 2.45) is 5.73 Å². The third-order valence-electron chi connectivity index (χ3n) is 6.66. The first-order valence-corrected chi connectivity index (χ1v) is 12.6. The number of methoxy groups -OCH3 is 1. The summed E-state index contributed by atoms with van der Waals surface area (Å²) < 4.78 is 5.57. The van der Waals surface area contributed by atoms with Gasteiger partial charge in [0.2, 0.25) is 5.95 Å². The van der Waals surface area contributed by atoms with Gasteiger partial charge in [-0.1, -0.05) is 0 Å². The molecule has 1 atom stereocenters. The first-order valence-electron chi connectivity index (χ1n) is 12.6. The van der Waals surface area contributed by atoms with Crippen LogP contribution in [0.1, 0.15) is 29.5 Å². The minimum Gasteiger partial charge on any atom is -0.496 e. The van der Waals surface area contributed by atoms with Crippen LogP contribution in [-0.4, -0.2) is 71.3 Å². The summed E-state index contributed by atoms with van der Waals surface area (Å²) in [4.78, 5) is 13.6. The van der Waals surface area contributed by atoms with E-state index in [9.17, 15) is 10.4 Å². The number of hydrogen-bond acceptors (Lipinski definition) is 9. The summed E-state index contributed by atoms with van der Waals surface area (Å²) in [6, 6.07) is 16.0. The molecule has 0 radical (unpaired) electrons. The number of benzene rings is 2. The Hall–Kier alpha value is -3.55. The van der Waals surface area contributed by atoms with Gasteiger partial charge in [0.25, 0.3) is 0 Å². The Kier molecular flexibility index (Phi) is 9.04. The normalized spacial score (nSPS) is 15.6. The van der Waals surface area contributed by atoms with E-state index in [0.29, 0.717) is 31.1 Å². The number of nitriles is 1. The van der Waals surface area contributed by atoms with Crippen LogP contribution < -0.4 is 15.8 Å². The van der Waals surface area contributed by atoms with E-state index in [2.05, 4.69) is 32.2 Å². The topological polar surface area (TPSA) is 124 Å². The highest BCUT2D eigenvalue weighted by Crippen LogP contribution is 2.28. The third kappa shape index (κ3) is 6.81. The highest BCUT2D eigenvalue weighted by Gasteiger charge is 2.23. The molecule has 0 unspecified atom stereocenters. The van der Waals surface area contributed by atoms with E-state index in [1.54, 1.807) is 19.4 Å². The van der Waals surface area contributed by atoms with Gasteiger partial charge in [0.05, 0.1) is 31.0 Å². The SMILES string of the molecule is COc1ccc(-c2ccnc(Nc3cc(C#N)cc(CN4CCC[C@H]4CO)c3)n2)cc1CN(C)CCN. The monoisotopic (exact) mass is 501 g/mol. The Bertz CT molecular complexity index is 1240. The first-order chi connectivity index (χ1) is 18.0. The molecule has 37 heavy (non-hydrogen) atoms. The van der Waals surface area contributed by atoms with Crippen molar-refractivity contribution in [3.8, 4) is 23.1 Å². The van der Waals surface area contributed by atoms with Gasteiger partial charge in [-0.15, -0.1) is 0 Å². The molecule has 1 saturated heterocycles. The van der Waals surface area contributed by atoms with Crippen molar-refractivity contribution in [2.75, 3.05) is 45.7 Å². The number of aromatic nitrogens is 2. The average Bonchev–Trinajstić information content (AvgIpc) is 3.35. The van der Waals surface area contributed by atoms with Gasteiger partial charge in [0, 0.05) is 55.2 Å². The number of hydrogen-bond donors (Lipinski definition) is 3. The van der Waals surface area contributed by atoms with Gasteiger partial charge in [0.15, 0.2) is 0 Å². The van der Waals surface area contributed by atoms with Gasteiger partial charge >= 0.3 is 0 Å². The molecular weight excluding hydrogens is 466 g/mol. The molecule has 1 aliphatic heterocycles. The predicted octanol–water partition coefficient (Wildman–Crippen LogP) is 3.11. The van der Waals surface area contributed by atoms with Crippen molar-refractivity contribution in [3.63, 3.8) is 0 Å². The Morgan fingerprint density at radius 2 is 2.14 bits per heavy atom. The number of nitrogens with two attached hydrogens (primary N) is 1. The van der Waals surface area contributed by atoms with Gasteiger partial charge < -0.3 is 25.8 Å². The minimum atomic E-state index is 0.153. The molecule has 1 fully saturated rings. The van der Waals surface area contributed by atoms with Crippen molar-refractivity contribution in [3.05, 3.63) is 65.4 Å². The summed E-state index contributed by atoms with van der Waals surface area (Å²) in [6.45, 7) is 3.87. The first kappa shape index (κ1) is 26.5. The second-order valence-corrected chi connectivity index (χ2v) is 9.42. The van der Waals surface area contributed by atoms with E-state index < -0.39 is 0 Å². The third-order valence-corrected chi connectivity index (χ3v) is 6.66. The molecule has 2 heterocycles. The summed E-state index contributed by atoms with van der Waals surface area (Å²) in [5.41, 5.74) is 10.8. The van der Waals surface area contributed by atoms with E-state index in [4.69, 9.17) is 15.5 Å². The molecular formula is C28H35N7O2. The van der Waals surface area contributed by atoms with E-state index >= 15 is 0 Å². The number of rotatable bonds is 11. The highest BCUT2D eigenvalue weighted by molar-refractivity contribution is 5.65. The lowest BCUT2D eigenvalue weighted by Gasteiger charge is -2.23. The molecule has 0 amide bonds. The van der Waals surface area contributed by atoms with Crippen LogP contribution in [0.25, 0.3) is 11.3 Å². The Morgan fingerprint density at radius 3 is 2.89 bits per heavy atom. The van der Waals surface area contributed by atoms with E-state index in [0.717, 1.165) is 59.8 Å². The largest absolute Gasteiger partial charge is 0.496 e. The zero-order valence-corrected chi connectivity index (χ0v) is 21.5. The summed E-state index contributed by atoms with van der Waals surface area (Å²) in [6.07, 6.45) is 3.79. The number of nitrogens with zero attached hydrogens (tertiary/aromatic N) is 5. The van der Waals surface area contributed by atoms with Crippen LogP contribution in [0, 0.1) is 11.3 Å². The maximum absolute atomic E-state index is 9.66. The number of nitrogens with one attached hydrogen (secondary N) is 1. The van der Waals surface area contributed by atoms with Crippen molar-refractivity contribution in [1.82, 2.24) is 19.8 Å². The van der Waals surface area contributed by atoms with Crippen LogP contribution >= 0.6 is 0 Å². The molecule has 1 aromatic heterocycles. The standard InChI is InChI=1S/C28H35N7O2/c1-34(11-8-29)18-23-15-22(5-6-27(23)37-2)26-7-9-31-28(33-26)32-24-13-20(16-30)12-21(14-24)17-35-10-3-4-25(35)19-36/h5-7,9,12-15,25,36H,3-4,8,10-11,17-19,29H2,1-2H3,(H,31,32,33)/t25-/m0/s1. The molecule has 0 aliphatic carbocycles. The summed E-state index contributed by atoms with van der Waals surface area (Å²) in [5, 5.41) is 22.5. The summed E-state index contributed by atoms with van der Waals surface area (Å²) >= 11 is 0. The second kappa shape index (κ2) is 12.6. The molecule has 0 bridgehead atoms. The predicted molar refractivity (Wildman–Crippen MR) is 144 cm³/mol. The van der Waals surface area contributed by atoms with Crippen LogP contribution in [0.5, 0.6) is 5.75 Å². The van der Waals surface area contributed by atoms with E-state index in [1.807, 2.05) is 37.4 Å². The van der Waals surface area contributed by atoms with E-state index in [1.165, 1.54) is 0 Å². The number of likely N-dealkylation sites (N-methyl/N-ethyl adjacent to an activating group) is 1. The molecule has 0 saturated carbocycles. The lowest BCUT2D eigenvalue weighted by atomic mass is 10.1. The molecule has 0 spiro atoms. The summed E-state index contributed by atoms with van der Waals surface area (Å²) in [5.74, 6) is 1.27. The van der Waals surface area contributed by atoms with Gasteiger partial charge in [-0.2, -0.15) is 5.26 Å². The highest BCUT2D eigenvalue weighted by atomic mass is 16.5. The molecule has 1 aliphatic rings. The lowest BCUT2D eigenvalue weighted by molar-refractivity contribution is 0.153. The maximum Gasteiger partial charge on any atom is 0.227 e. The smallest absolute Gasteiger partial charge is 0.227 e. The fourth-order valence-electron chi connectivity index (χ4n) is 4.83. The molecule has 9 heteroatoms. The fourth-order valence-corrected chi connectivity index (χ4v) is 4.83. The van der Waals surface area contributed by atoms with Crippen molar-refractivity contribution in [1.29, 1.82) is 5.26 Å². The molecule has 2 aromatic carbocycles. The number of aliphatic hydroxyl groups excluding tert-OH is 1. The zero-order valence-electron chi connectivity index (χ0n) is 21.5. The van der Waals surface area contributed by atoms with Crippen LogP contribution in [0.2, 0.25) is 0 Å². The Labute approximate surface area is 218 Å². The molecule has 9 nitrogen and oxygen atoms in total. The minimum absolute atomic E-state index is 0.153. The van der Waals surface area contributed by atoms with Gasteiger partial charge in [-0.25, -0.2) is 9.97 Å². The van der Waals surface area contributed by atoms with Crippen LogP contribution in [0.4, 0.5) is 11.6 Å². The number of aliphatic hydroxyl groups is 1. The Morgan fingerprint density at radius 1 is 1.27 bits per heavy atom. The second-order valence-electron chi connectivity index (χ2n) is 9.42. The van der Waals surface area contributed by atoms with Crippen molar-refractivity contribution < 1.29 is 9.84 Å². The van der Waals surface area contributed by atoms with Crippen LogP contribution in [0.3, 0.4) is 0 Å². The number of anilines is 2. The van der Waals surface area contributed by atoms with Crippen LogP contribution in [0.15, 0.2) is 48.7 Å². The molecule has 4 N–H and O–H groups in total. The lowest BCUT2D eigenvalue weighted by Crippen LogP contribution is -2.31. The molecule has 194 valence electrons. The maximum atomic E-state index is 9.66. The fraction of sp³-hybridized carbons (Fsp3) is 0.393. The van der Waals surface area contributed by atoms with Gasteiger partial charge in [-0.3, -0.25) is 4.90 Å². The quantitative estimate of drug-likeness (QED) is 0.363. The van der Waals surface area contributed by atoms with Crippen molar-refractivity contribution >= 4 is 11.6 Å². The van der Waals surface area contributed by atoms with Crippen molar-refractivity contribution in [2.45, 2.75) is 32.0 Å². The number of ether oxygens (including phenoxy) is 1. The van der Waals surface area contributed by atoms with Crippen LogP contribution in [-0.2, 0) is 13.1 Å². The van der Waals surface area contributed by atoms with Gasteiger partial charge in [-0.05, 0) is 74.5 Å². The average molecular weight is 502 g/mol.